The molecule has 11 nitrogen and oxygen atoms in total. The van der Waals surface area contributed by atoms with Crippen LogP contribution in [-0.2, 0) is 15.7 Å². The highest BCUT2D eigenvalue weighted by molar-refractivity contribution is 6.05. The van der Waals surface area contributed by atoms with Gasteiger partial charge in [0.2, 0.25) is 5.75 Å². The zero-order chi connectivity index (χ0) is 30.6. The van der Waals surface area contributed by atoms with E-state index in [4.69, 9.17) is 18.9 Å². The van der Waals surface area contributed by atoms with Crippen molar-refractivity contribution in [3.8, 4) is 28.5 Å². The van der Waals surface area contributed by atoms with Crippen LogP contribution in [-0.4, -0.2) is 49.7 Å². The lowest BCUT2D eigenvalue weighted by Gasteiger charge is -2.15. The molecule has 4 aromatic rings. The lowest BCUT2D eigenvalue weighted by molar-refractivity contribution is -0.384. The molecule has 0 saturated carbocycles. The second-order valence-electron chi connectivity index (χ2n) is 8.60. The SMILES string of the molecule is COc1cc(-c2cc(C(=O)OCC(=O)Nc3ccc(C(F)(F)F)cc3[N+](=O)[O-])c3ccccc3n2)cc(OC)c1OC. The van der Waals surface area contributed by atoms with E-state index in [0.29, 0.717) is 51.5 Å². The first-order valence-corrected chi connectivity index (χ1v) is 12.0. The molecule has 1 amide bonds. The van der Waals surface area contributed by atoms with Crippen molar-refractivity contribution in [3.05, 3.63) is 81.9 Å². The predicted molar refractivity (Wildman–Crippen MR) is 144 cm³/mol. The number of methoxy groups -OCH3 is 3. The number of carbonyl (C=O) groups excluding carboxylic acids is 2. The molecule has 0 fully saturated rings. The number of nitrogens with zero attached hydrogens (tertiary/aromatic N) is 2. The number of para-hydroxylation sites is 1. The molecular weight excluding hydrogens is 563 g/mol. The van der Waals surface area contributed by atoms with Crippen LogP contribution >= 0.6 is 0 Å². The number of amides is 1. The highest BCUT2D eigenvalue weighted by atomic mass is 19.4. The number of anilines is 1. The molecule has 1 aromatic heterocycles. The Morgan fingerprint density at radius 3 is 2.21 bits per heavy atom. The summed E-state index contributed by atoms with van der Waals surface area (Å²) in [5.41, 5.74) is -1.39. The van der Waals surface area contributed by atoms with Gasteiger partial charge >= 0.3 is 12.1 Å². The van der Waals surface area contributed by atoms with Crippen LogP contribution in [0.2, 0.25) is 0 Å². The van der Waals surface area contributed by atoms with Crippen molar-refractivity contribution >= 4 is 34.2 Å². The molecule has 1 N–H and O–H groups in total. The minimum absolute atomic E-state index is 0.0534. The zero-order valence-electron chi connectivity index (χ0n) is 22.3. The fraction of sp³-hybridized carbons (Fsp3) is 0.179. The molecule has 0 radical (unpaired) electrons. The van der Waals surface area contributed by atoms with E-state index in [2.05, 4.69) is 10.3 Å². The minimum atomic E-state index is -4.82. The number of rotatable bonds is 9. The molecule has 0 atom stereocenters. The molecule has 3 aromatic carbocycles. The molecule has 0 aliphatic rings. The van der Waals surface area contributed by atoms with E-state index in [0.717, 1.165) is 6.07 Å². The molecule has 42 heavy (non-hydrogen) atoms. The van der Waals surface area contributed by atoms with Crippen molar-refractivity contribution < 1.29 is 46.6 Å². The van der Waals surface area contributed by atoms with Gasteiger partial charge in [0.1, 0.15) is 5.69 Å². The normalized spacial score (nSPS) is 11.1. The van der Waals surface area contributed by atoms with Crippen molar-refractivity contribution in [2.45, 2.75) is 6.18 Å². The minimum Gasteiger partial charge on any atom is -0.493 e. The Morgan fingerprint density at radius 2 is 1.62 bits per heavy atom. The van der Waals surface area contributed by atoms with Crippen molar-refractivity contribution in [1.82, 2.24) is 4.98 Å². The number of alkyl halides is 3. The standard InChI is InChI=1S/C28H22F3N3O8/c1-39-23-10-15(11-24(40-2)26(23)41-3)21-13-18(17-6-4-5-7-19(17)32-21)27(36)42-14-25(35)33-20-9-8-16(28(29,30)31)12-22(20)34(37)38/h4-13H,14H2,1-3H3,(H,33,35). The van der Waals surface area contributed by atoms with Gasteiger partial charge in [0.05, 0.1) is 48.6 Å². The van der Waals surface area contributed by atoms with Crippen LogP contribution in [0.25, 0.3) is 22.2 Å². The number of nitro benzene ring substituents is 1. The number of hydrogen-bond donors (Lipinski definition) is 1. The maximum atomic E-state index is 13.1. The number of carbonyl (C=O) groups is 2. The first-order chi connectivity index (χ1) is 20.0. The summed E-state index contributed by atoms with van der Waals surface area (Å²) in [7, 11) is 4.35. The fourth-order valence-electron chi connectivity index (χ4n) is 4.08. The number of benzene rings is 3. The van der Waals surface area contributed by atoms with Gasteiger partial charge in [-0.3, -0.25) is 14.9 Å². The van der Waals surface area contributed by atoms with Crippen LogP contribution in [0.5, 0.6) is 17.2 Å². The van der Waals surface area contributed by atoms with Gasteiger partial charge < -0.3 is 24.3 Å². The maximum absolute atomic E-state index is 13.1. The monoisotopic (exact) mass is 585 g/mol. The molecule has 0 saturated heterocycles. The topological polar surface area (TPSA) is 139 Å². The van der Waals surface area contributed by atoms with Gasteiger partial charge in [-0.1, -0.05) is 18.2 Å². The summed E-state index contributed by atoms with van der Waals surface area (Å²) in [6.07, 6.45) is -4.82. The Bertz CT molecular complexity index is 1670. The Hall–Kier alpha value is -5.40. The smallest absolute Gasteiger partial charge is 0.416 e. The number of nitro groups is 1. The summed E-state index contributed by atoms with van der Waals surface area (Å²) >= 11 is 0. The van der Waals surface area contributed by atoms with Gasteiger partial charge in [-0.2, -0.15) is 13.2 Å². The van der Waals surface area contributed by atoms with E-state index < -0.39 is 46.5 Å². The third-order valence-corrected chi connectivity index (χ3v) is 6.03. The number of nitrogens with one attached hydrogen (secondary N) is 1. The van der Waals surface area contributed by atoms with E-state index in [1.165, 1.54) is 27.4 Å². The van der Waals surface area contributed by atoms with Gasteiger partial charge in [0.25, 0.3) is 11.6 Å². The average molecular weight is 585 g/mol. The molecule has 0 bridgehead atoms. The molecule has 218 valence electrons. The number of halogens is 3. The highest BCUT2D eigenvalue weighted by Crippen LogP contribution is 2.41. The van der Waals surface area contributed by atoms with Crippen LogP contribution in [0.4, 0.5) is 24.5 Å². The van der Waals surface area contributed by atoms with Crippen LogP contribution in [0.15, 0.2) is 60.7 Å². The molecule has 0 aliphatic carbocycles. The van der Waals surface area contributed by atoms with Gasteiger partial charge in [-0.25, -0.2) is 9.78 Å². The summed E-state index contributed by atoms with van der Waals surface area (Å²) in [5, 5.41) is 13.8. The number of pyridine rings is 1. The van der Waals surface area contributed by atoms with Crippen LogP contribution < -0.4 is 19.5 Å². The molecule has 0 unspecified atom stereocenters. The van der Waals surface area contributed by atoms with Gasteiger partial charge in [0.15, 0.2) is 18.1 Å². The van der Waals surface area contributed by atoms with Crippen molar-refractivity contribution in [3.63, 3.8) is 0 Å². The molecule has 1 heterocycles. The Kier molecular flexibility index (Phi) is 8.45. The van der Waals surface area contributed by atoms with E-state index in [-0.39, 0.29) is 5.56 Å². The fourth-order valence-corrected chi connectivity index (χ4v) is 4.08. The third kappa shape index (κ3) is 6.16. The zero-order valence-corrected chi connectivity index (χ0v) is 22.3. The number of aromatic nitrogens is 1. The number of esters is 1. The average Bonchev–Trinajstić information content (AvgIpc) is 2.97. The van der Waals surface area contributed by atoms with Gasteiger partial charge in [-0.15, -0.1) is 0 Å². The van der Waals surface area contributed by atoms with E-state index in [9.17, 15) is 32.9 Å². The Balaban J connectivity index is 1.61. The second-order valence-corrected chi connectivity index (χ2v) is 8.60. The summed E-state index contributed by atoms with van der Waals surface area (Å²) in [6, 6.07) is 13.1. The molecule has 0 spiro atoms. The first-order valence-electron chi connectivity index (χ1n) is 12.0. The van der Waals surface area contributed by atoms with Gasteiger partial charge in [0, 0.05) is 17.0 Å². The number of hydrogen-bond acceptors (Lipinski definition) is 9. The summed E-state index contributed by atoms with van der Waals surface area (Å²) < 4.78 is 60.2. The first kappa shape index (κ1) is 29.6. The number of ether oxygens (including phenoxy) is 4. The molecule has 0 aliphatic heterocycles. The largest absolute Gasteiger partial charge is 0.493 e. The van der Waals surface area contributed by atoms with Crippen molar-refractivity contribution in [2.24, 2.45) is 0 Å². The van der Waals surface area contributed by atoms with Crippen molar-refractivity contribution in [1.29, 1.82) is 0 Å². The summed E-state index contributed by atoms with van der Waals surface area (Å²) in [4.78, 5) is 40.5. The summed E-state index contributed by atoms with van der Waals surface area (Å²) in [6.45, 7) is -0.882. The lowest BCUT2D eigenvalue weighted by Crippen LogP contribution is -2.22. The highest BCUT2D eigenvalue weighted by Gasteiger charge is 2.33. The van der Waals surface area contributed by atoms with Crippen LogP contribution in [0.1, 0.15) is 15.9 Å². The summed E-state index contributed by atoms with van der Waals surface area (Å²) in [5.74, 6) is -0.878. The molecular formula is C28H22F3N3O8. The quantitative estimate of drug-likeness (QED) is 0.150. The van der Waals surface area contributed by atoms with Gasteiger partial charge in [-0.05, 0) is 36.4 Å². The van der Waals surface area contributed by atoms with Crippen molar-refractivity contribution in [2.75, 3.05) is 33.3 Å². The maximum Gasteiger partial charge on any atom is 0.416 e. The second kappa shape index (κ2) is 12.0. The number of fused-ring (bicyclic) bond motifs is 1. The lowest BCUT2D eigenvalue weighted by atomic mass is 10.0. The Morgan fingerprint density at radius 1 is 0.952 bits per heavy atom. The Labute approximate surface area is 235 Å². The van der Waals surface area contributed by atoms with E-state index >= 15 is 0 Å². The predicted octanol–water partition coefficient (Wildman–Crippen LogP) is 5.65. The molecule has 4 rings (SSSR count). The van der Waals surface area contributed by atoms with E-state index in [1.54, 1.807) is 36.4 Å². The third-order valence-electron chi connectivity index (χ3n) is 6.03. The molecule has 14 heteroatoms. The van der Waals surface area contributed by atoms with Crippen LogP contribution in [0, 0.1) is 10.1 Å². The van der Waals surface area contributed by atoms with E-state index in [1.807, 2.05) is 0 Å². The van der Waals surface area contributed by atoms with Crippen LogP contribution in [0.3, 0.4) is 0 Å².